The standard InChI is InChI=1S/C14H18N2O4/c1-2-20-10-5-4-8-16(9-10)13(17)12-11(14(18)19)6-3-7-15-12/h3,6-7,10H,2,4-5,8-9H2,1H3,(H,18,19). The first kappa shape index (κ1) is 14.5. The first-order chi connectivity index (χ1) is 9.63. The average molecular weight is 278 g/mol. The zero-order valence-corrected chi connectivity index (χ0v) is 11.4. The van der Waals surface area contributed by atoms with E-state index in [0.717, 1.165) is 12.8 Å². The first-order valence-corrected chi connectivity index (χ1v) is 6.72. The van der Waals surface area contributed by atoms with Gasteiger partial charge in [0.15, 0.2) is 0 Å². The number of amides is 1. The fourth-order valence-corrected chi connectivity index (χ4v) is 2.39. The Hall–Kier alpha value is -1.95. The van der Waals surface area contributed by atoms with Crippen molar-refractivity contribution >= 4 is 11.9 Å². The molecule has 1 amide bonds. The highest BCUT2D eigenvalue weighted by Gasteiger charge is 2.28. The molecule has 0 radical (unpaired) electrons. The van der Waals surface area contributed by atoms with Crippen molar-refractivity contribution < 1.29 is 19.4 Å². The Balaban J connectivity index is 2.17. The summed E-state index contributed by atoms with van der Waals surface area (Å²) in [5.41, 5.74) is -0.0619. The van der Waals surface area contributed by atoms with E-state index in [0.29, 0.717) is 19.7 Å². The molecule has 1 fully saturated rings. The third kappa shape index (κ3) is 3.14. The molecule has 2 heterocycles. The minimum atomic E-state index is -1.14. The maximum absolute atomic E-state index is 12.4. The normalized spacial score (nSPS) is 18.9. The molecule has 6 nitrogen and oxygen atoms in total. The van der Waals surface area contributed by atoms with Crippen LogP contribution < -0.4 is 0 Å². The number of hydrogen-bond acceptors (Lipinski definition) is 4. The lowest BCUT2D eigenvalue weighted by Crippen LogP contribution is -2.44. The molecule has 6 heteroatoms. The van der Waals surface area contributed by atoms with Gasteiger partial charge in [0.25, 0.3) is 5.91 Å². The van der Waals surface area contributed by atoms with Crippen molar-refractivity contribution in [2.24, 2.45) is 0 Å². The lowest BCUT2D eigenvalue weighted by Gasteiger charge is -2.32. The van der Waals surface area contributed by atoms with Crippen LogP contribution in [-0.2, 0) is 4.74 Å². The lowest BCUT2D eigenvalue weighted by molar-refractivity contribution is 0.00695. The van der Waals surface area contributed by atoms with Crippen LogP contribution in [0.2, 0.25) is 0 Å². The zero-order chi connectivity index (χ0) is 14.5. The molecule has 0 aromatic carbocycles. The van der Waals surface area contributed by atoms with Gasteiger partial charge in [0.1, 0.15) is 5.69 Å². The summed E-state index contributed by atoms with van der Waals surface area (Å²) >= 11 is 0. The van der Waals surface area contributed by atoms with Gasteiger partial charge in [0, 0.05) is 25.9 Å². The van der Waals surface area contributed by atoms with E-state index in [1.165, 1.54) is 18.3 Å². The van der Waals surface area contributed by atoms with Crippen LogP contribution in [0.4, 0.5) is 0 Å². The SMILES string of the molecule is CCOC1CCCN(C(=O)c2ncccc2C(=O)O)C1. The molecule has 1 N–H and O–H groups in total. The van der Waals surface area contributed by atoms with E-state index in [1.807, 2.05) is 6.92 Å². The number of hydrogen-bond donors (Lipinski definition) is 1. The van der Waals surface area contributed by atoms with Gasteiger partial charge in [-0.2, -0.15) is 0 Å². The highest BCUT2D eigenvalue weighted by molar-refractivity contribution is 6.03. The van der Waals surface area contributed by atoms with E-state index in [-0.39, 0.29) is 23.3 Å². The van der Waals surface area contributed by atoms with Crippen LogP contribution in [0.25, 0.3) is 0 Å². The summed E-state index contributed by atoms with van der Waals surface area (Å²) in [6, 6.07) is 2.91. The number of pyridine rings is 1. The molecule has 2 rings (SSSR count). The second-order valence-electron chi connectivity index (χ2n) is 4.68. The fraction of sp³-hybridized carbons (Fsp3) is 0.500. The fourth-order valence-electron chi connectivity index (χ4n) is 2.39. The Morgan fingerprint density at radius 2 is 2.35 bits per heavy atom. The Kier molecular flexibility index (Phi) is 4.68. The van der Waals surface area contributed by atoms with E-state index in [9.17, 15) is 9.59 Å². The van der Waals surface area contributed by atoms with Crippen molar-refractivity contribution in [3.8, 4) is 0 Å². The summed E-state index contributed by atoms with van der Waals surface area (Å²) in [6.07, 6.45) is 3.23. The van der Waals surface area contributed by atoms with Crippen molar-refractivity contribution in [3.05, 3.63) is 29.6 Å². The molecule has 20 heavy (non-hydrogen) atoms. The van der Waals surface area contributed by atoms with Crippen LogP contribution in [0.5, 0.6) is 0 Å². The molecule has 1 aliphatic heterocycles. The number of rotatable bonds is 4. The molecule has 1 atom stereocenters. The Labute approximate surface area is 117 Å². The average Bonchev–Trinajstić information content (AvgIpc) is 2.47. The molecule has 0 bridgehead atoms. The predicted molar refractivity (Wildman–Crippen MR) is 71.7 cm³/mol. The summed E-state index contributed by atoms with van der Waals surface area (Å²) in [7, 11) is 0. The highest BCUT2D eigenvalue weighted by atomic mass is 16.5. The minimum absolute atomic E-state index is 0.00264. The number of ether oxygens (including phenoxy) is 1. The monoisotopic (exact) mass is 278 g/mol. The van der Waals surface area contributed by atoms with Gasteiger partial charge in [0.2, 0.25) is 0 Å². The topological polar surface area (TPSA) is 79.7 Å². The highest BCUT2D eigenvalue weighted by Crippen LogP contribution is 2.17. The Bertz CT molecular complexity index is 502. The van der Waals surface area contributed by atoms with Crippen LogP contribution >= 0.6 is 0 Å². The number of nitrogens with zero attached hydrogens (tertiary/aromatic N) is 2. The van der Waals surface area contributed by atoms with Gasteiger partial charge in [-0.05, 0) is 31.9 Å². The summed E-state index contributed by atoms with van der Waals surface area (Å²) in [6.45, 7) is 3.62. The number of carbonyl (C=O) groups is 2. The first-order valence-electron chi connectivity index (χ1n) is 6.72. The van der Waals surface area contributed by atoms with Crippen LogP contribution in [0.1, 0.15) is 40.6 Å². The molecule has 0 aliphatic carbocycles. The van der Waals surface area contributed by atoms with Crippen molar-refractivity contribution in [1.82, 2.24) is 9.88 Å². The Morgan fingerprint density at radius 1 is 1.55 bits per heavy atom. The third-order valence-electron chi connectivity index (χ3n) is 3.31. The zero-order valence-electron chi connectivity index (χ0n) is 11.4. The van der Waals surface area contributed by atoms with Gasteiger partial charge in [-0.25, -0.2) is 4.79 Å². The molecule has 1 aromatic rings. The molecule has 0 spiro atoms. The van der Waals surface area contributed by atoms with E-state index in [4.69, 9.17) is 9.84 Å². The number of piperidine rings is 1. The van der Waals surface area contributed by atoms with Gasteiger partial charge in [-0.15, -0.1) is 0 Å². The molecule has 1 unspecified atom stereocenters. The van der Waals surface area contributed by atoms with Crippen LogP contribution in [0, 0.1) is 0 Å². The van der Waals surface area contributed by atoms with Gasteiger partial charge >= 0.3 is 5.97 Å². The summed E-state index contributed by atoms with van der Waals surface area (Å²) in [5, 5.41) is 9.11. The molecule has 1 aromatic heterocycles. The second-order valence-corrected chi connectivity index (χ2v) is 4.68. The van der Waals surface area contributed by atoms with Gasteiger partial charge in [-0.3, -0.25) is 9.78 Å². The van der Waals surface area contributed by atoms with Crippen molar-refractivity contribution in [2.75, 3.05) is 19.7 Å². The van der Waals surface area contributed by atoms with Crippen molar-refractivity contribution in [2.45, 2.75) is 25.9 Å². The maximum Gasteiger partial charge on any atom is 0.338 e. The van der Waals surface area contributed by atoms with E-state index in [2.05, 4.69) is 4.98 Å². The van der Waals surface area contributed by atoms with Crippen LogP contribution in [0.15, 0.2) is 18.3 Å². The quantitative estimate of drug-likeness (QED) is 0.901. The number of carboxylic acids is 1. The van der Waals surface area contributed by atoms with Crippen molar-refractivity contribution in [1.29, 1.82) is 0 Å². The van der Waals surface area contributed by atoms with Crippen LogP contribution in [-0.4, -0.2) is 52.7 Å². The van der Waals surface area contributed by atoms with Gasteiger partial charge in [-0.1, -0.05) is 0 Å². The molecule has 1 aliphatic rings. The maximum atomic E-state index is 12.4. The van der Waals surface area contributed by atoms with E-state index in [1.54, 1.807) is 4.90 Å². The Morgan fingerprint density at radius 3 is 3.05 bits per heavy atom. The number of aromatic nitrogens is 1. The third-order valence-corrected chi connectivity index (χ3v) is 3.31. The largest absolute Gasteiger partial charge is 0.478 e. The molecule has 1 saturated heterocycles. The summed E-state index contributed by atoms with van der Waals surface area (Å²) < 4.78 is 5.55. The van der Waals surface area contributed by atoms with Gasteiger partial charge < -0.3 is 14.7 Å². The minimum Gasteiger partial charge on any atom is -0.478 e. The number of carboxylic acid groups (broad SMARTS) is 1. The second kappa shape index (κ2) is 6.47. The van der Waals surface area contributed by atoms with E-state index >= 15 is 0 Å². The van der Waals surface area contributed by atoms with Crippen LogP contribution in [0.3, 0.4) is 0 Å². The van der Waals surface area contributed by atoms with E-state index < -0.39 is 5.97 Å². The molecular weight excluding hydrogens is 260 g/mol. The van der Waals surface area contributed by atoms with Crippen molar-refractivity contribution in [3.63, 3.8) is 0 Å². The number of carbonyl (C=O) groups excluding carboxylic acids is 1. The lowest BCUT2D eigenvalue weighted by atomic mass is 10.1. The molecule has 108 valence electrons. The number of likely N-dealkylation sites (tertiary alicyclic amines) is 1. The summed E-state index contributed by atoms with van der Waals surface area (Å²) in [5.74, 6) is -1.48. The molecular formula is C14H18N2O4. The van der Waals surface area contributed by atoms with Gasteiger partial charge in [0.05, 0.1) is 11.7 Å². The smallest absolute Gasteiger partial charge is 0.338 e. The summed E-state index contributed by atoms with van der Waals surface area (Å²) in [4.78, 5) is 29.1. The predicted octanol–water partition coefficient (Wildman–Crippen LogP) is 1.42. The number of aromatic carboxylic acids is 1. The molecule has 0 saturated carbocycles.